The van der Waals surface area contributed by atoms with Crippen molar-refractivity contribution in [1.29, 1.82) is 0 Å². The van der Waals surface area contributed by atoms with E-state index in [-0.39, 0.29) is 25.9 Å². The van der Waals surface area contributed by atoms with Crippen molar-refractivity contribution in [3.63, 3.8) is 0 Å². The Labute approximate surface area is 160 Å². The maximum atomic E-state index is 13.3. The van der Waals surface area contributed by atoms with Crippen LogP contribution in [0.15, 0.2) is 42.6 Å². The van der Waals surface area contributed by atoms with Crippen molar-refractivity contribution < 1.29 is 13.5 Å². The molecule has 4 rings (SSSR count). The fourth-order valence-electron chi connectivity index (χ4n) is 3.04. The van der Waals surface area contributed by atoms with Crippen LogP contribution in [0.1, 0.15) is 12.8 Å². The second-order valence-electron chi connectivity index (χ2n) is 6.61. The first-order valence-corrected chi connectivity index (χ1v) is 8.95. The first-order chi connectivity index (χ1) is 13.5. The van der Waals surface area contributed by atoms with Gasteiger partial charge in [-0.05, 0) is 35.9 Å². The van der Waals surface area contributed by atoms with Crippen molar-refractivity contribution in [3.8, 4) is 17.0 Å². The van der Waals surface area contributed by atoms with Crippen LogP contribution in [0, 0.1) is 0 Å². The number of methoxy groups -OCH3 is 1. The minimum absolute atomic E-state index is 0.182. The Balaban J connectivity index is 1.45. The van der Waals surface area contributed by atoms with Gasteiger partial charge in [0.15, 0.2) is 5.82 Å². The molecule has 0 bridgehead atoms. The Morgan fingerprint density at radius 3 is 2.57 bits per heavy atom. The second kappa shape index (κ2) is 7.41. The van der Waals surface area contributed by atoms with Crippen molar-refractivity contribution in [2.75, 3.05) is 30.4 Å². The summed E-state index contributed by atoms with van der Waals surface area (Å²) < 4.78 is 31.9. The Bertz CT molecular complexity index is 934. The number of H-pyrrole nitrogens is 1. The van der Waals surface area contributed by atoms with Crippen LogP contribution in [0.5, 0.6) is 5.75 Å². The number of hydrogen-bond donors (Lipinski definition) is 2. The number of benzene rings is 1. The highest BCUT2D eigenvalue weighted by Gasteiger charge is 2.34. The molecule has 146 valence electrons. The number of piperidine rings is 1. The van der Waals surface area contributed by atoms with E-state index in [0.29, 0.717) is 17.6 Å². The summed E-state index contributed by atoms with van der Waals surface area (Å²) in [5.74, 6) is -0.230. The van der Waals surface area contributed by atoms with Crippen LogP contribution >= 0.6 is 0 Å². The van der Waals surface area contributed by atoms with E-state index < -0.39 is 5.92 Å². The summed E-state index contributed by atoms with van der Waals surface area (Å²) in [5.41, 5.74) is 1.82. The lowest BCUT2D eigenvalue weighted by atomic mass is 10.1. The molecule has 0 amide bonds. The molecule has 1 saturated heterocycles. The smallest absolute Gasteiger partial charge is 0.251 e. The lowest BCUT2D eigenvalue weighted by molar-refractivity contribution is -0.0222. The highest BCUT2D eigenvalue weighted by Crippen LogP contribution is 2.29. The van der Waals surface area contributed by atoms with E-state index in [0.717, 1.165) is 17.0 Å². The summed E-state index contributed by atoms with van der Waals surface area (Å²) >= 11 is 0. The number of rotatable bonds is 5. The van der Waals surface area contributed by atoms with Gasteiger partial charge in [0.05, 0.1) is 12.8 Å². The maximum absolute atomic E-state index is 13.3. The number of ether oxygens (including phenoxy) is 1. The fraction of sp³-hybridized carbons (Fsp3) is 0.316. The van der Waals surface area contributed by atoms with Crippen molar-refractivity contribution >= 4 is 17.6 Å². The highest BCUT2D eigenvalue weighted by atomic mass is 19.3. The summed E-state index contributed by atoms with van der Waals surface area (Å²) in [6, 6.07) is 11.2. The summed E-state index contributed by atoms with van der Waals surface area (Å²) in [6.45, 7) is 0.473. The SMILES string of the molecule is COc1ccc(-c2cc(Nc3ccnc(N4CCC(F)(F)CC4)n3)n[nH]2)cc1. The Hall–Kier alpha value is -3.23. The molecule has 1 fully saturated rings. The molecule has 1 aliphatic rings. The quantitative estimate of drug-likeness (QED) is 0.693. The second-order valence-corrected chi connectivity index (χ2v) is 6.61. The summed E-state index contributed by atoms with van der Waals surface area (Å²) in [4.78, 5) is 10.4. The van der Waals surface area contributed by atoms with E-state index in [9.17, 15) is 8.78 Å². The predicted octanol–water partition coefficient (Wildman–Crippen LogP) is 3.85. The van der Waals surface area contributed by atoms with E-state index in [4.69, 9.17) is 4.74 Å². The molecular formula is C19H20F2N6O. The van der Waals surface area contributed by atoms with Crippen molar-refractivity contribution in [2.45, 2.75) is 18.8 Å². The van der Waals surface area contributed by atoms with E-state index in [1.165, 1.54) is 0 Å². The predicted molar refractivity (Wildman–Crippen MR) is 102 cm³/mol. The van der Waals surface area contributed by atoms with E-state index in [1.807, 2.05) is 30.3 Å². The van der Waals surface area contributed by atoms with Crippen LogP contribution in [0.3, 0.4) is 0 Å². The molecule has 7 nitrogen and oxygen atoms in total. The van der Waals surface area contributed by atoms with E-state index >= 15 is 0 Å². The van der Waals surface area contributed by atoms with Gasteiger partial charge in [0, 0.05) is 38.2 Å². The topological polar surface area (TPSA) is 79.0 Å². The van der Waals surface area contributed by atoms with E-state index in [1.54, 1.807) is 24.3 Å². The zero-order valence-electron chi connectivity index (χ0n) is 15.3. The molecule has 0 unspecified atom stereocenters. The largest absolute Gasteiger partial charge is 0.497 e. The van der Waals surface area contributed by atoms with Crippen LogP contribution in [-0.4, -0.2) is 46.3 Å². The molecule has 1 aromatic carbocycles. The van der Waals surface area contributed by atoms with Crippen molar-refractivity contribution in [1.82, 2.24) is 20.2 Å². The summed E-state index contributed by atoms with van der Waals surface area (Å²) in [5, 5.41) is 10.3. The average molecular weight is 386 g/mol. The van der Waals surface area contributed by atoms with Crippen LogP contribution < -0.4 is 15.0 Å². The molecule has 0 spiro atoms. The lowest BCUT2D eigenvalue weighted by Crippen LogP contribution is -2.40. The number of anilines is 3. The number of alkyl halides is 2. The molecule has 3 aromatic rings. The van der Waals surface area contributed by atoms with Gasteiger partial charge in [-0.1, -0.05) is 0 Å². The molecule has 1 aliphatic heterocycles. The summed E-state index contributed by atoms with van der Waals surface area (Å²) in [6.07, 6.45) is 1.24. The Kier molecular flexibility index (Phi) is 4.81. The molecule has 9 heteroatoms. The van der Waals surface area contributed by atoms with Gasteiger partial charge >= 0.3 is 0 Å². The van der Waals surface area contributed by atoms with Gasteiger partial charge in [-0.3, -0.25) is 5.10 Å². The molecule has 0 saturated carbocycles. The summed E-state index contributed by atoms with van der Waals surface area (Å²) in [7, 11) is 1.62. The molecule has 0 radical (unpaired) electrons. The van der Waals surface area contributed by atoms with Gasteiger partial charge in [0.25, 0.3) is 5.92 Å². The lowest BCUT2D eigenvalue weighted by Gasteiger charge is -2.31. The van der Waals surface area contributed by atoms with E-state index in [2.05, 4.69) is 25.5 Å². The normalized spacial score (nSPS) is 16.0. The minimum Gasteiger partial charge on any atom is -0.497 e. The van der Waals surface area contributed by atoms with Gasteiger partial charge in [-0.15, -0.1) is 0 Å². The van der Waals surface area contributed by atoms with Gasteiger partial charge in [-0.2, -0.15) is 10.1 Å². The Morgan fingerprint density at radius 1 is 1.11 bits per heavy atom. The third kappa shape index (κ3) is 4.03. The third-order valence-electron chi connectivity index (χ3n) is 4.66. The molecule has 28 heavy (non-hydrogen) atoms. The van der Waals surface area contributed by atoms with Crippen LogP contribution in [-0.2, 0) is 0 Å². The average Bonchev–Trinajstić information content (AvgIpc) is 3.17. The number of aromatic nitrogens is 4. The minimum atomic E-state index is -2.60. The maximum Gasteiger partial charge on any atom is 0.251 e. The number of aromatic amines is 1. The molecule has 2 N–H and O–H groups in total. The standard InChI is InChI=1S/C19H20F2N6O/c1-28-14-4-2-13(3-5-14)15-12-17(26-25-15)23-16-6-9-22-18(24-16)27-10-7-19(20,21)8-11-27/h2-6,9,12H,7-8,10-11H2,1H3,(H2,22,23,24,25,26). The number of halogens is 2. The Morgan fingerprint density at radius 2 is 1.86 bits per heavy atom. The zero-order valence-corrected chi connectivity index (χ0v) is 15.3. The molecule has 3 heterocycles. The number of nitrogens with one attached hydrogen (secondary N) is 2. The van der Waals surface area contributed by atoms with Crippen LogP contribution in [0.4, 0.5) is 26.4 Å². The van der Waals surface area contributed by atoms with Gasteiger partial charge < -0.3 is 15.0 Å². The van der Waals surface area contributed by atoms with Gasteiger partial charge in [0.1, 0.15) is 11.6 Å². The number of nitrogens with zero attached hydrogens (tertiary/aromatic N) is 4. The highest BCUT2D eigenvalue weighted by molar-refractivity contribution is 5.65. The zero-order chi connectivity index (χ0) is 19.6. The third-order valence-corrected chi connectivity index (χ3v) is 4.66. The first kappa shape index (κ1) is 18.1. The van der Waals surface area contributed by atoms with Gasteiger partial charge in [0.2, 0.25) is 5.95 Å². The fourth-order valence-corrected chi connectivity index (χ4v) is 3.04. The van der Waals surface area contributed by atoms with Crippen molar-refractivity contribution in [2.24, 2.45) is 0 Å². The van der Waals surface area contributed by atoms with Crippen LogP contribution in [0.25, 0.3) is 11.3 Å². The monoisotopic (exact) mass is 386 g/mol. The van der Waals surface area contributed by atoms with Crippen molar-refractivity contribution in [3.05, 3.63) is 42.6 Å². The molecule has 0 aliphatic carbocycles. The van der Waals surface area contributed by atoms with Crippen LogP contribution in [0.2, 0.25) is 0 Å². The molecule has 0 atom stereocenters. The number of hydrogen-bond acceptors (Lipinski definition) is 6. The molecular weight excluding hydrogens is 366 g/mol. The molecule has 2 aromatic heterocycles. The van der Waals surface area contributed by atoms with Gasteiger partial charge in [-0.25, -0.2) is 13.8 Å². The first-order valence-electron chi connectivity index (χ1n) is 8.95.